The quantitative estimate of drug-likeness (QED) is 0.847. The Hall–Kier alpha value is -1.69. The van der Waals surface area contributed by atoms with Crippen molar-refractivity contribution in [3.63, 3.8) is 0 Å². The van der Waals surface area contributed by atoms with E-state index in [2.05, 4.69) is 15.2 Å². The number of H-pyrrole nitrogens is 1. The van der Waals surface area contributed by atoms with Crippen molar-refractivity contribution in [2.24, 2.45) is 0 Å². The Bertz CT molecular complexity index is 423. The molecule has 0 bridgehead atoms. The topological polar surface area (TPSA) is 61.9 Å². The van der Waals surface area contributed by atoms with Gasteiger partial charge in [-0.3, -0.25) is 9.89 Å². The molecule has 0 unspecified atom stereocenters. The lowest BCUT2D eigenvalue weighted by Gasteiger charge is -2.13. The third-order valence-electron chi connectivity index (χ3n) is 1.93. The van der Waals surface area contributed by atoms with Gasteiger partial charge in [-0.2, -0.15) is 5.10 Å². The Balaban J connectivity index is 2.03. The smallest absolute Gasteiger partial charge is 0.264 e. The minimum absolute atomic E-state index is 0.00130. The van der Waals surface area contributed by atoms with Gasteiger partial charge in [-0.05, 0) is 11.4 Å². The second-order valence-corrected chi connectivity index (χ2v) is 4.02. The molecule has 2 aromatic rings. The van der Waals surface area contributed by atoms with Crippen LogP contribution in [0.25, 0.3) is 0 Å². The Labute approximate surface area is 90.8 Å². The van der Waals surface area contributed by atoms with Gasteiger partial charge in [-0.15, -0.1) is 11.3 Å². The van der Waals surface area contributed by atoms with Gasteiger partial charge in [-0.25, -0.2) is 4.98 Å². The van der Waals surface area contributed by atoms with Crippen molar-refractivity contribution in [3.8, 4) is 0 Å². The van der Waals surface area contributed by atoms with Crippen LogP contribution >= 0.6 is 11.3 Å². The fraction of sp³-hybridized carbons (Fsp3) is 0.222. The molecule has 2 heterocycles. The molecule has 0 aliphatic heterocycles. The molecule has 0 aromatic carbocycles. The number of carbonyl (C=O) groups is 1. The number of aromatic nitrogens is 3. The summed E-state index contributed by atoms with van der Waals surface area (Å²) in [6.45, 7) is 0.441. The molecular formula is C9H10N4OS. The van der Waals surface area contributed by atoms with E-state index in [0.29, 0.717) is 12.4 Å². The van der Waals surface area contributed by atoms with Gasteiger partial charge in [0.2, 0.25) is 0 Å². The number of thiophene rings is 1. The van der Waals surface area contributed by atoms with Gasteiger partial charge >= 0.3 is 0 Å². The molecule has 0 aliphatic carbocycles. The molecule has 0 aliphatic rings. The van der Waals surface area contributed by atoms with Gasteiger partial charge < -0.3 is 4.90 Å². The largest absolute Gasteiger partial charge is 0.333 e. The lowest BCUT2D eigenvalue weighted by atomic mass is 10.4. The summed E-state index contributed by atoms with van der Waals surface area (Å²) in [6, 6.07) is 3.67. The molecule has 0 fully saturated rings. The first-order valence-electron chi connectivity index (χ1n) is 4.40. The molecule has 15 heavy (non-hydrogen) atoms. The van der Waals surface area contributed by atoms with Crippen molar-refractivity contribution < 1.29 is 4.79 Å². The van der Waals surface area contributed by atoms with E-state index in [1.54, 1.807) is 11.9 Å². The highest BCUT2D eigenvalue weighted by Gasteiger charge is 2.13. The standard InChI is InChI=1S/C9H10N4OS/c1-13(5-8-10-6-11-12-8)9(14)7-3-2-4-15-7/h2-4,6H,5H2,1H3,(H,10,11,12). The van der Waals surface area contributed by atoms with E-state index in [0.717, 1.165) is 4.88 Å². The Kier molecular flexibility index (Phi) is 2.77. The lowest BCUT2D eigenvalue weighted by molar-refractivity contribution is 0.0786. The Morgan fingerprint density at radius 2 is 2.53 bits per heavy atom. The predicted molar refractivity (Wildman–Crippen MR) is 56.5 cm³/mol. The van der Waals surface area contributed by atoms with E-state index in [1.165, 1.54) is 17.7 Å². The van der Waals surface area contributed by atoms with Crippen molar-refractivity contribution in [1.29, 1.82) is 0 Å². The van der Waals surface area contributed by atoms with Gasteiger partial charge in [0.25, 0.3) is 5.91 Å². The summed E-state index contributed by atoms with van der Waals surface area (Å²) >= 11 is 1.43. The van der Waals surface area contributed by atoms with E-state index in [1.807, 2.05) is 17.5 Å². The van der Waals surface area contributed by atoms with Crippen LogP contribution in [0.4, 0.5) is 0 Å². The number of hydrogen-bond donors (Lipinski definition) is 1. The SMILES string of the molecule is CN(Cc1ncn[nH]1)C(=O)c1cccs1. The molecule has 78 valence electrons. The van der Waals surface area contributed by atoms with E-state index >= 15 is 0 Å². The van der Waals surface area contributed by atoms with Crippen LogP contribution in [-0.2, 0) is 6.54 Å². The molecule has 0 atom stereocenters. The fourth-order valence-corrected chi connectivity index (χ4v) is 1.91. The zero-order valence-corrected chi connectivity index (χ0v) is 8.99. The number of hydrogen-bond acceptors (Lipinski definition) is 4. The maximum Gasteiger partial charge on any atom is 0.264 e. The van der Waals surface area contributed by atoms with Crippen LogP contribution in [0, 0.1) is 0 Å². The lowest BCUT2D eigenvalue weighted by Crippen LogP contribution is -2.25. The molecular weight excluding hydrogens is 212 g/mol. The second kappa shape index (κ2) is 4.22. The molecule has 1 amide bonds. The first-order valence-corrected chi connectivity index (χ1v) is 5.28. The van der Waals surface area contributed by atoms with Crippen LogP contribution in [0.2, 0.25) is 0 Å². The van der Waals surface area contributed by atoms with Gasteiger partial charge in [0.15, 0.2) is 0 Å². The van der Waals surface area contributed by atoms with Crippen molar-refractivity contribution in [3.05, 3.63) is 34.5 Å². The van der Waals surface area contributed by atoms with Crippen LogP contribution in [0.5, 0.6) is 0 Å². The van der Waals surface area contributed by atoms with Crippen molar-refractivity contribution >= 4 is 17.2 Å². The maximum atomic E-state index is 11.8. The Morgan fingerprint density at radius 3 is 3.13 bits per heavy atom. The molecule has 0 saturated carbocycles. The average Bonchev–Trinajstić information content (AvgIpc) is 2.88. The van der Waals surface area contributed by atoms with Crippen LogP contribution in [0.3, 0.4) is 0 Å². The summed E-state index contributed by atoms with van der Waals surface area (Å²) in [5.41, 5.74) is 0. The first kappa shape index (κ1) is 9.85. The molecule has 2 rings (SSSR count). The van der Waals surface area contributed by atoms with E-state index < -0.39 is 0 Å². The fourth-order valence-electron chi connectivity index (χ4n) is 1.19. The Morgan fingerprint density at radius 1 is 1.67 bits per heavy atom. The minimum Gasteiger partial charge on any atom is -0.333 e. The van der Waals surface area contributed by atoms with E-state index in [4.69, 9.17) is 0 Å². The predicted octanol–water partition coefficient (Wildman–Crippen LogP) is 1.14. The van der Waals surface area contributed by atoms with Crippen molar-refractivity contribution in [2.75, 3.05) is 7.05 Å². The summed E-state index contributed by atoms with van der Waals surface area (Å²) < 4.78 is 0. The maximum absolute atomic E-state index is 11.8. The number of nitrogens with zero attached hydrogens (tertiary/aromatic N) is 3. The summed E-state index contributed by atoms with van der Waals surface area (Å²) in [5.74, 6) is 0.684. The third-order valence-corrected chi connectivity index (χ3v) is 2.79. The summed E-state index contributed by atoms with van der Waals surface area (Å²) in [6.07, 6.45) is 1.43. The van der Waals surface area contributed by atoms with Gasteiger partial charge in [0.05, 0.1) is 11.4 Å². The zero-order valence-electron chi connectivity index (χ0n) is 8.17. The highest BCUT2D eigenvalue weighted by atomic mass is 32.1. The van der Waals surface area contributed by atoms with Crippen LogP contribution in [0.1, 0.15) is 15.5 Å². The van der Waals surface area contributed by atoms with E-state index in [-0.39, 0.29) is 5.91 Å². The van der Waals surface area contributed by atoms with Crippen LogP contribution in [-0.4, -0.2) is 33.0 Å². The molecule has 2 aromatic heterocycles. The number of rotatable bonds is 3. The van der Waals surface area contributed by atoms with E-state index in [9.17, 15) is 4.79 Å². The monoisotopic (exact) mass is 222 g/mol. The number of carbonyl (C=O) groups excluding carboxylic acids is 1. The first-order chi connectivity index (χ1) is 7.27. The molecule has 0 saturated heterocycles. The molecule has 1 N–H and O–H groups in total. The second-order valence-electron chi connectivity index (χ2n) is 3.07. The molecule has 6 heteroatoms. The molecule has 5 nitrogen and oxygen atoms in total. The third kappa shape index (κ3) is 2.21. The van der Waals surface area contributed by atoms with Gasteiger partial charge in [0.1, 0.15) is 12.2 Å². The average molecular weight is 222 g/mol. The highest BCUT2D eigenvalue weighted by Crippen LogP contribution is 2.11. The van der Waals surface area contributed by atoms with Crippen molar-refractivity contribution in [2.45, 2.75) is 6.54 Å². The normalized spacial score (nSPS) is 10.2. The molecule has 0 spiro atoms. The number of nitrogens with one attached hydrogen (secondary N) is 1. The zero-order chi connectivity index (χ0) is 10.7. The number of aromatic amines is 1. The van der Waals surface area contributed by atoms with Crippen LogP contribution in [0.15, 0.2) is 23.8 Å². The minimum atomic E-state index is 0.00130. The van der Waals surface area contributed by atoms with Gasteiger partial charge in [-0.1, -0.05) is 6.07 Å². The molecule has 0 radical (unpaired) electrons. The van der Waals surface area contributed by atoms with Gasteiger partial charge in [0, 0.05) is 7.05 Å². The van der Waals surface area contributed by atoms with Crippen LogP contribution < -0.4 is 0 Å². The number of amides is 1. The van der Waals surface area contributed by atoms with Crippen molar-refractivity contribution in [1.82, 2.24) is 20.1 Å². The summed E-state index contributed by atoms with van der Waals surface area (Å²) in [5, 5.41) is 8.33. The summed E-state index contributed by atoms with van der Waals surface area (Å²) in [7, 11) is 1.74. The highest BCUT2D eigenvalue weighted by molar-refractivity contribution is 7.12. The summed E-state index contributed by atoms with van der Waals surface area (Å²) in [4.78, 5) is 18.1.